The number of aryl methyl sites for hydroxylation is 2. The predicted octanol–water partition coefficient (Wildman–Crippen LogP) is 4.21. The van der Waals surface area contributed by atoms with E-state index in [0.29, 0.717) is 5.56 Å². The summed E-state index contributed by atoms with van der Waals surface area (Å²) in [5, 5.41) is 0. The third-order valence-electron chi connectivity index (χ3n) is 4.54. The molecule has 0 fully saturated rings. The second kappa shape index (κ2) is 10.3. The van der Waals surface area contributed by atoms with Crippen LogP contribution in [0.15, 0.2) is 54.6 Å². The van der Waals surface area contributed by atoms with Crippen LogP contribution in [0.25, 0.3) is 0 Å². The fourth-order valence-corrected chi connectivity index (χ4v) is 2.97. The average molecular weight is 381 g/mol. The van der Waals surface area contributed by atoms with E-state index in [1.165, 1.54) is 11.6 Å². The van der Waals surface area contributed by atoms with Crippen molar-refractivity contribution in [2.24, 2.45) is 0 Å². The maximum Gasteiger partial charge on any atom is 0.331 e. The number of allylic oxidation sites excluding steroid dienone is 3. The van der Waals surface area contributed by atoms with E-state index in [1.54, 1.807) is 25.3 Å². The van der Waals surface area contributed by atoms with Gasteiger partial charge in [0.15, 0.2) is 6.61 Å². The minimum absolute atomic E-state index is 0.198. The molecule has 2 rings (SSSR count). The fraction of sp³-hybridized carbons (Fsp3) is 0.304. The Morgan fingerprint density at radius 3 is 2.46 bits per heavy atom. The molecular weight excluding hydrogens is 354 g/mol. The molecule has 2 aromatic rings. The van der Waals surface area contributed by atoms with Crippen LogP contribution in [0.4, 0.5) is 0 Å². The van der Waals surface area contributed by atoms with Gasteiger partial charge in [-0.25, -0.2) is 4.79 Å². The normalized spacial score (nSPS) is 11.3. The van der Waals surface area contributed by atoms with E-state index in [4.69, 9.17) is 9.47 Å². The number of nitrogens with zero attached hydrogens (tertiary/aromatic N) is 1. The van der Waals surface area contributed by atoms with Gasteiger partial charge in [-0.05, 0) is 51.0 Å². The number of ketones is 1. The third-order valence-corrected chi connectivity index (χ3v) is 4.54. The van der Waals surface area contributed by atoms with Crippen molar-refractivity contribution < 1.29 is 19.1 Å². The van der Waals surface area contributed by atoms with Crippen LogP contribution >= 0.6 is 0 Å². The van der Waals surface area contributed by atoms with E-state index < -0.39 is 5.97 Å². The molecule has 1 aromatic carbocycles. The summed E-state index contributed by atoms with van der Waals surface area (Å²) in [6, 6.07) is 9.83. The van der Waals surface area contributed by atoms with E-state index in [2.05, 4.69) is 4.57 Å². The zero-order valence-corrected chi connectivity index (χ0v) is 16.9. The number of Topliss-reactive ketones (excluding diaryl/α,β-unsaturated/α-hetero) is 1. The topological polar surface area (TPSA) is 57.5 Å². The first-order valence-corrected chi connectivity index (χ1v) is 9.25. The van der Waals surface area contributed by atoms with Crippen molar-refractivity contribution in [1.82, 2.24) is 4.57 Å². The maximum atomic E-state index is 12.5. The molecule has 0 aliphatic rings. The van der Waals surface area contributed by atoms with Crippen molar-refractivity contribution in [3.8, 4) is 5.75 Å². The van der Waals surface area contributed by atoms with Gasteiger partial charge in [0.2, 0.25) is 5.78 Å². The Morgan fingerprint density at radius 1 is 1.11 bits per heavy atom. The lowest BCUT2D eigenvalue weighted by molar-refractivity contribution is -0.136. The van der Waals surface area contributed by atoms with E-state index in [0.717, 1.165) is 30.1 Å². The van der Waals surface area contributed by atoms with Crippen LogP contribution < -0.4 is 4.74 Å². The van der Waals surface area contributed by atoms with Gasteiger partial charge in [0, 0.05) is 29.6 Å². The van der Waals surface area contributed by atoms with E-state index >= 15 is 0 Å². The first-order valence-electron chi connectivity index (χ1n) is 9.25. The Hall–Kier alpha value is -3.08. The number of hydrogen-bond acceptors (Lipinski definition) is 4. The lowest BCUT2D eigenvalue weighted by Crippen LogP contribution is -2.14. The van der Waals surface area contributed by atoms with Crippen LogP contribution in [-0.2, 0) is 22.5 Å². The summed E-state index contributed by atoms with van der Waals surface area (Å²) in [6.45, 7) is 6.25. The first-order chi connectivity index (χ1) is 13.5. The number of ether oxygens (including phenoxy) is 2. The van der Waals surface area contributed by atoms with Gasteiger partial charge in [0.25, 0.3) is 0 Å². The Labute approximate surface area is 166 Å². The molecule has 0 atom stereocenters. The van der Waals surface area contributed by atoms with Crippen LogP contribution in [0.2, 0.25) is 0 Å². The van der Waals surface area contributed by atoms with Crippen molar-refractivity contribution in [2.75, 3.05) is 13.7 Å². The van der Waals surface area contributed by atoms with Crippen LogP contribution in [-0.4, -0.2) is 30.0 Å². The summed E-state index contributed by atoms with van der Waals surface area (Å²) in [7, 11) is 1.65. The highest BCUT2D eigenvalue weighted by molar-refractivity contribution is 5.99. The number of esters is 1. The highest BCUT2D eigenvalue weighted by Gasteiger charge is 2.16. The van der Waals surface area contributed by atoms with Gasteiger partial charge >= 0.3 is 5.97 Å². The van der Waals surface area contributed by atoms with Gasteiger partial charge < -0.3 is 14.0 Å². The Bertz CT molecular complexity index is 873. The van der Waals surface area contributed by atoms with Crippen molar-refractivity contribution >= 4 is 11.8 Å². The molecule has 0 aliphatic carbocycles. The third kappa shape index (κ3) is 5.71. The van der Waals surface area contributed by atoms with Crippen molar-refractivity contribution in [3.63, 3.8) is 0 Å². The van der Waals surface area contributed by atoms with Crippen LogP contribution in [0.5, 0.6) is 5.75 Å². The highest BCUT2D eigenvalue weighted by atomic mass is 16.5. The average Bonchev–Trinajstić information content (AvgIpc) is 2.99. The molecule has 0 aliphatic heterocycles. The zero-order valence-electron chi connectivity index (χ0n) is 16.9. The minimum Gasteiger partial charge on any atom is -0.497 e. The SMILES string of the molecule is C/C=C/C=C/C(=O)OCC(=O)c1cc(C)n(CCc2ccc(OC)cc2)c1C. The summed E-state index contributed by atoms with van der Waals surface area (Å²) >= 11 is 0. The summed E-state index contributed by atoms with van der Waals surface area (Å²) in [6.07, 6.45) is 7.25. The number of aromatic nitrogens is 1. The predicted molar refractivity (Wildman–Crippen MR) is 110 cm³/mol. The van der Waals surface area contributed by atoms with Gasteiger partial charge in [-0.1, -0.05) is 30.4 Å². The monoisotopic (exact) mass is 381 g/mol. The number of hydrogen-bond donors (Lipinski definition) is 0. The highest BCUT2D eigenvalue weighted by Crippen LogP contribution is 2.18. The van der Waals surface area contributed by atoms with Gasteiger partial charge in [0.05, 0.1) is 7.11 Å². The summed E-state index contributed by atoms with van der Waals surface area (Å²) < 4.78 is 12.3. The van der Waals surface area contributed by atoms with Gasteiger partial charge in [0.1, 0.15) is 5.75 Å². The number of carbonyl (C=O) groups is 2. The maximum absolute atomic E-state index is 12.5. The second-order valence-corrected chi connectivity index (χ2v) is 6.45. The number of carbonyl (C=O) groups excluding carboxylic acids is 2. The molecule has 0 bridgehead atoms. The molecular formula is C23H27NO4. The summed E-state index contributed by atoms with van der Waals surface area (Å²) in [5.74, 6) is 0.108. The van der Waals surface area contributed by atoms with E-state index in [1.807, 2.05) is 51.1 Å². The lowest BCUT2D eigenvalue weighted by atomic mass is 10.1. The molecule has 0 amide bonds. The van der Waals surface area contributed by atoms with Crippen LogP contribution in [0.1, 0.15) is 34.2 Å². The first kappa shape index (κ1) is 21.2. The number of methoxy groups -OCH3 is 1. The Balaban J connectivity index is 1.99. The van der Waals surface area contributed by atoms with Gasteiger partial charge in [-0.15, -0.1) is 0 Å². The zero-order chi connectivity index (χ0) is 20.5. The van der Waals surface area contributed by atoms with E-state index in [9.17, 15) is 9.59 Å². The smallest absolute Gasteiger partial charge is 0.331 e. The standard InChI is InChI=1S/C23H27NO4/c1-5-6-7-8-23(26)28-16-22(25)21-15-17(2)24(18(21)3)14-13-19-9-11-20(27-4)12-10-19/h5-12,15H,13-14,16H2,1-4H3/b6-5+,8-7+. The molecule has 1 heterocycles. The van der Waals surface area contributed by atoms with Crippen molar-refractivity contribution in [2.45, 2.75) is 33.7 Å². The quantitative estimate of drug-likeness (QED) is 0.282. The molecule has 0 spiro atoms. The largest absolute Gasteiger partial charge is 0.497 e. The minimum atomic E-state index is -0.528. The molecule has 0 unspecified atom stereocenters. The summed E-state index contributed by atoms with van der Waals surface area (Å²) in [4.78, 5) is 24.1. The van der Waals surface area contributed by atoms with Crippen LogP contribution in [0, 0.1) is 13.8 Å². The molecule has 5 nitrogen and oxygen atoms in total. The van der Waals surface area contributed by atoms with Crippen LogP contribution in [0.3, 0.4) is 0 Å². The number of rotatable bonds is 9. The fourth-order valence-electron chi connectivity index (χ4n) is 2.97. The molecule has 28 heavy (non-hydrogen) atoms. The summed E-state index contributed by atoms with van der Waals surface area (Å²) in [5.41, 5.74) is 3.69. The molecule has 0 saturated heterocycles. The Morgan fingerprint density at radius 2 is 1.82 bits per heavy atom. The van der Waals surface area contributed by atoms with Crippen molar-refractivity contribution in [1.29, 1.82) is 0 Å². The molecule has 0 radical (unpaired) electrons. The van der Waals surface area contributed by atoms with E-state index in [-0.39, 0.29) is 12.4 Å². The molecule has 148 valence electrons. The lowest BCUT2D eigenvalue weighted by Gasteiger charge is -2.10. The second-order valence-electron chi connectivity index (χ2n) is 6.45. The molecule has 0 N–H and O–H groups in total. The Kier molecular flexibility index (Phi) is 7.81. The number of benzene rings is 1. The van der Waals surface area contributed by atoms with Crippen molar-refractivity contribution in [3.05, 3.63) is 77.2 Å². The molecule has 5 heteroatoms. The molecule has 1 aromatic heterocycles. The van der Waals surface area contributed by atoms with Gasteiger partial charge in [-0.3, -0.25) is 4.79 Å². The molecule has 0 saturated carbocycles. The van der Waals surface area contributed by atoms with Gasteiger partial charge in [-0.2, -0.15) is 0 Å².